The van der Waals surface area contributed by atoms with E-state index in [0.717, 1.165) is 22.9 Å². The Morgan fingerprint density at radius 2 is 1.75 bits per heavy atom. The molecule has 1 aromatic heterocycles. The number of benzene rings is 1. The molecule has 5 nitrogen and oxygen atoms in total. The quantitative estimate of drug-likeness (QED) is 0.665. The molecule has 0 fully saturated rings. The second kappa shape index (κ2) is 5.71. The van der Waals surface area contributed by atoms with Gasteiger partial charge >= 0.3 is 6.18 Å². The molecule has 2 aromatic rings. The molecule has 2 rings (SSSR count). The van der Waals surface area contributed by atoms with Crippen LogP contribution in [0.5, 0.6) is 0 Å². The van der Waals surface area contributed by atoms with E-state index in [1.54, 1.807) is 24.3 Å². The summed E-state index contributed by atoms with van der Waals surface area (Å²) in [6, 6.07) is 7.04. The average Bonchev–Trinajstić information content (AvgIpc) is 2.78. The summed E-state index contributed by atoms with van der Waals surface area (Å²) >= 11 is 1.05. The fourth-order valence-corrected chi connectivity index (χ4v) is 2.27. The summed E-state index contributed by atoms with van der Waals surface area (Å²) < 4.78 is 37.9. The Balaban J connectivity index is 2.05. The van der Waals surface area contributed by atoms with Gasteiger partial charge in [0.15, 0.2) is 0 Å². The lowest BCUT2D eigenvalue weighted by Gasteiger charge is -2.06. The molecule has 0 spiro atoms. The van der Waals surface area contributed by atoms with Gasteiger partial charge in [0.2, 0.25) is 5.16 Å². The first kappa shape index (κ1) is 14.7. The molecule has 20 heavy (non-hydrogen) atoms. The van der Waals surface area contributed by atoms with Crippen LogP contribution in [0.2, 0.25) is 0 Å². The van der Waals surface area contributed by atoms with Gasteiger partial charge in [0.1, 0.15) is 0 Å². The van der Waals surface area contributed by atoms with Gasteiger partial charge in [-0.25, -0.2) is 4.68 Å². The van der Waals surface area contributed by atoms with E-state index in [4.69, 9.17) is 10.9 Å². The Hall–Kier alpha value is -1.74. The van der Waals surface area contributed by atoms with Gasteiger partial charge in [-0.1, -0.05) is 36.0 Å². The van der Waals surface area contributed by atoms with Crippen LogP contribution >= 0.6 is 11.8 Å². The van der Waals surface area contributed by atoms with Gasteiger partial charge in [-0.3, -0.25) is 0 Å². The molecule has 0 unspecified atom stereocenters. The van der Waals surface area contributed by atoms with Crippen molar-refractivity contribution in [1.29, 1.82) is 0 Å². The lowest BCUT2D eigenvalue weighted by molar-refractivity contribution is -0.146. The smallest absolute Gasteiger partial charge is 0.392 e. The Morgan fingerprint density at radius 1 is 1.15 bits per heavy atom. The molecule has 9 heteroatoms. The maximum Gasteiger partial charge on any atom is 0.453 e. The monoisotopic (exact) mass is 304 g/mol. The van der Waals surface area contributed by atoms with Crippen molar-refractivity contribution >= 4 is 11.8 Å². The van der Waals surface area contributed by atoms with Crippen molar-refractivity contribution in [1.82, 2.24) is 14.9 Å². The minimum atomic E-state index is -4.62. The summed E-state index contributed by atoms with van der Waals surface area (Å²) in [5.74, 6) is 4.49. The Labute approximate surface area is 116 Å². The summed E-state index contributed by atoms with van der Waals surface area (Å²) in [5.41, 5.74) is 1.64. The second-order valence-electron chi connectivity index (χ2n) is 3.94. The number of hydrogen-bond donors (Lipinski definition) is 2. The molecule has 0 saturated carbocycles. The molecule has 0 radical (unpaired) electrons. The molecule has 0 aliphatic rings. The third kappa shape index (κ3) is 3.23. The molecule has 3 N–H and O–H groups in total. The van der Waals surface area contributed by atoms with Gasteiger partial charge in [-0.2, -0.15) is 13.2 Å². The predicted octanol–water partition coefficient (Wildman–Crippen LogP) is 1.80. The van der Waals surface area contributed by atoms with Gasteiger partial charge in [0.25, 0.3) is 5.82 Å². The summed E-state index contributed by atoms with van der Waals surface area (Å²) in [6.45, 7) is -0.0561. The third-order valence-electron chi connectivity index (χ3n) is 2.49. The van der Waals surface area contributed by atoms with E-state index in [9.17, 15) is 13.2 Å². The van der Waals surface area contributed by atoms with Crippen LogP contribution in [0.25, 0.3) is 0 Å². The highest BCUT2D eigenvalue weighted by Crippen LogP contribution is 2.29. The van der Waals surface area contributed by atoms with Crippen molar-refractivity contribution in [3.05, 3.63) is 41.2 Å². The van der Waals surface area contributed by atoms with E-state index < -0.39 is 12.0 Å². The molecule has 0 aliphatic carbocycles. The lowest BCUT2D eigenvalue weighted by atomic mass is 10.2. The molecular formula is C11H11F3N4OS. The number of alkyl halides is 3. The van der Waals surface area contributed by atoms with Crippen LogP contribution in [0.15, 0.2) is 29.4 Å². The van der Waals surface area contributed by atoms with Gasteiger partial charge < -0.3 is 10.9 Å². The molecule has 1 aromatic carbocycles. The van der Waals surface area contributed by atoms with E-state index in [1.807, 2.05) is 0 Å². The Kier molecular flexibility index (Phi) is 4.19. The Bertz CT molecular complexity index is 582. The average molecular weight is 304 g/mol. The van der Waals surface area contributed by atoms with Crippen molar-refractivity contribution in [3.63, 3.8) is 0 Å². The van der Waals surface area contributed by atoms with Gasteiger partial charge in [-0.15, -0.1) is 10.2 Å². The van der Waals surface area contributed by atoms with Crippen LogP contribution < -0.4 is 5.84 Å². The number of nitrogens with zero attached hydrogens (tertiary/aromatic N) is 3. The van der Waals surface area contributed by atoms with Gasteiger partial charge in [0, 0.05) is 5.75 Å². The second-order valence-corrected chi connectivity index (χ2v) is 4.88. The molecule has 0 bridgehead atoms. The maximum atomic E-state index is 12.5. The van der Waals surface area contributed by atoms with Crippen LogP contribution in [0.1, 0.15) is 17.0 Å². The molecule has 108 valence electrons. The predicted molar refractivity (Wildman–Crippen MR) is 67.1 cm³/mol. The van der Waals surface area contributed by atoms with E-state index in [2.05, 4.69) is 10.2 Å². The first-order chi connectivity index (χ1) is 9.41. The van der Waals surface area contributed by atoms with Crippen LogP contribution in [0.4, 0.5) is 13.2 Å². The topological polar surface area (TPSA) is 77.0 Å². The van der Waals surface area contributed by atoms with E-state index in [-0.39, 0.29) is 11.8 Å². The van der Waals surface area contributed by atoms with E-state index >= 15 is 0 Å². The highest BCUT2D eigenvalue weighted by Gasteiger charge is 2.38. The zero-order valence-electron chi connectivity index (χ0n) is 10.1. The van der Waals surface area contributed by atoms with E-state index in [1.165, 1.54) is 0 Å². The first-order valence-corrected chi connectivity index (χ1v) is 6.49. The molecule has 0 aliphatic heterocycles. The number of nitrogens with two attached hydrogens (primary N) is 1. The highest BCUT2D eigenvalue weighted by molar-refractivity contribution is 7.98. The molecule has 0 saturated heterocycles. The fourth-order valence-electron chi connectivity index (χ4n) is 1.46. The van der Waals surface area contributed by atoms with Crippen LogP contribution in [-0.4, -0.2) is 20.0 Å². The minimum absolute atomic E-state index is 0.0106. The summed E-state index contributed by atoms with van der Waals surface area (Å²) in [5, 5.41) is 15.3. The SMILES string of the molecule is Nn1c(SCc2ccc(CO)cc2)nnc1C(F)(F)F. The normalized spacial score (nSPS) is 11.8. The molecule has 0 amide bonds. The van der Waals surface area contributed by atoms with Crippen LogP contribution in [0.3, 0.4) is 0 Å². The van der Waals surface area contributed by atoms with Crippen LogP contribution in [-0.2, 0) is 18.5 Å². The van der Waals surface area contributed by atoms with Crippen molar-refractivity contribution in [2.45, 2.75) is 23.7 Å². The fraction of sp³-hybridized carbons (Fsp3) is 0.273. The largest absolute Gasteiger partial charge is 0.453 e. The van der Waals surface area contributed by atoms with Crippen molar-refractivity contribution in [3.8, 4) is 0 Å². The minimum Gasteiger partial charge on any atom is -0.392 e. The lowest BCUT2D eigenvalue weighted by Crippen LogP contribution is -2.21. The molecule has 0 atom stereocenters. The Morgan fingerprint density at radius 3 is 2.25 bits per heavy atom. The van der Waals surface area contributed by atoms with Gasteiger partial charge in [-0.05, 0) is 11.1 Å². The number of aliphatic hydroxyl groups is 1. The number of aromatic nitrogens is 3. The number of hydrogen-bond acceptors (Lipinski definition) is 5. The highest BCUT2D eigenvalue weighted by atomic mass is 32.2. The van der Waals surface area contributed by atoms with E-state index in [0.29, 0.717) is 10.4 Å². The molecular weight excluding hydrogens is 293 g/mol. The van der Waals surface area contributed by atoms with Gasteiger partial charge in [0.05, 0.1) is 6.61 Å². The molecule has 1 heterocycles. The van der Waals surface area contributed by atoms with Crippen LogP contribution in [0, 0.1) is 0 Å². The number of halogens is 3. The number of thioether (sulfide) groups is 1. The van der Waals surface area contributed by atoms with Crippen molar-refractivity contribution < 1.29 is 18.3 Å². The van der Waals surface area contributed by atoms with Crippen molar-refractivity contribution in [2.75, 3.05) is 5.84 Å². The first-order valence-electron chi connectivity index (χ1n) is 5.51. The third-order valence-corrected chi connectivity index (χ3v) is 3.51. The summed E-state index contributed by atoms with van der Waals surface area (Å²) in [4.78, 5) is 0. The number of aliphatic hydroxyl groups excluding tert-OH is 1. The number of nitrogen functional groups attached to an aromatic ring is 1. The van der Waals surface area contributed by atoms with Crippen molar-refractivity contribution in [2.24, 2.45) is 0 Å². The summed E-state index contributed by atoms with van der Waals surface area (Å²) in [7, 11) is 0. The summed E-state index contributed by atoms with van der Waals surface area (Å²) in [6.07, 6.45) is -4.62. The zero-order chi connectivity index (χ0) is 14.8. The standard InChI is InChI=1S/C11H11F3N4OS/c12-11(13,14)9-16-17-10(18(9)15)20-6-8-3-1-7(5-19)2-4-8/h1-4,19H,5-6,15H2. The maximum absolute atomic E-state index is 12.5. The number of rotatable bonds is 4. The zero-order valence-corrected chi connectivity index (χ0v) is 10.9.